The van der Waals surface area contributed by atoms with Gasteiger partial charge in [-0.05, 0) is 37.3 Å². The van der Waals surface area contributed by atoms with Gasteiger partial charge in [-0.15, -0.1) is 0 Å². The summed E-state index contributed by atoms with van der Waals surface area (Å²) < 4.78 is 1.48. The predicted molar refractivity (Wildman–Crippen MR) is 99.7 cm³/mol. The molecule has 1 saturated heterocycles. The first-order valence-electron chi connectivity index (χ1n) is 9.72. The molecule has 6 heteroatoms. The molecule has 138 valence electrons. The summed E-state index contributed by atoms with van der Waals surface area (Å²) in [5.41, 5.74) is 5.92. The number of amides is 1. The van der Waals surface area contributed by atoms with Crippen molar-refractivity contribution in [1.82, 2.24) is 9.55 Å². The summed E-state index contributed by atoms with van der Waals surface area (Å²) in [5.74, 6) is 1.84. The Bertz CT molecular complexity index is 876. The van der Waals surface area contributed by atoms with E-state index >= 15 is 0 Å². The topological polar surface area (TPSA) is 82.4 Å². The van der Waals surface area contributed by atoms with E-state index in [1.807, 2.05) is 18.2 Å². The van der Waals surface area contributed by atoms with Crippen LogP contribution in [-0.2, 0) is 17.9 Å². The van der Waals surface area contributed by atoms with Crippen LogP contribution in [0.3, 0.4) is 0 Å². The highest BCUT2D eigenvalue weighted by Crippen LogP contribution is 2.32. The lowest BCUT2D eigenvalue weighted by molar-refractivity contribution is -0.924. The third kappa shape index (κ3) is 3.38. The number of carbonyl (C=O) groups is 1. The van der Waals surface area contributed by atoms with Crippen molar-refractivity contribution in [3.63, 3.8) is 0 Å². The fourth-order valence-corrected chi connectivity index (χ4v) is 4.85. The molecule has 26 heavy (non-hydrogen) atoms. The van der Waals surface area contributed by atoms with Gasteiger partial charge in [-0.25, -0.2) is 4.98 Å². The Labute approximate surface area is 153 Å². The van der Waals surface area contributed by atoms with Crippen molar-refractivity contribution in [1.29, 1.82) is 0 Å². The fourth-order valence-electron chi connectivity index (χ4n) is 4.85. The van der Waals surface area contributed by atoms with Gasteiger partial charge in [0, 0.05) is 5.92 Å². The smallest absolute Gasteiger partial charge is 0.262 e. The van der Waals surface area contributed by atoms with Crippen LogP contribution < -0.4 is 16.2 Å². The zero-order chi connectivity index (χ0) is 18.1. The van der Waals surface area contributed by atoms with Crippen LogP contribution >= 0.6 is 0 Å². The molecular formula is C20H27N4O2+. The van der Waals surface area contributed by atoms with Gasteiger partial charge in [0.05, 0.1) is 24.0 Å². The van der Waals surface area contributed by atoms with Crippen LogP contribution in [0.25, 0.3) is 10.9 Å². The van der Waals surface area contributed by atoms with Gasteiger partial charge in [0.25, 0.3) is 5.56 Å². The quantitative estimate of drug-likeness (QED) is 0.837. The van der Waals surface area contributed by atoms with E-state index in [0.717, 1.165) is 24.9 Å². The normalized spacial score (nSPS) is 25.8. The van der Waals surface area contributed by atoms with Gasteiger partial charge in [0.15, 0.2) is 5.82 Å². The van der Waals surface area contributed by atoms with Gasteiger partial charge < -0.3 is 10.6 Å². The highest BCUT2D eigenvalue weighted by molar-refractivity contribution is 5.78. The number of hydrogen-bond acceptors (Lipinski definition) is 3. The molecule has 3 atom stereocenters. The van der Waals surface area contributed by atoms with Crippen LogP contribution in [0.15, 0.2) is 29.1 Å². The number of carbonyl (C=O) groups excluding carboxylic acids is 1. The van der Waals surface area contributed by atoms with Crippen LogP contribution in [0, 0.1) is 11.8 Å². The molecule has 1 saturated carbocycles. The third-order valence-electron chi connectivity index (χ3n) is 6.15. The molecule has 0 bridgehead atoms. The Morgan fingerprint density at radius 3 is 2.77 bits per heavy atom. The maximum Gasteiger partial charge on any atom is 0.262 e. The van der Waals surface area contributed by atoms with Crippen LogP contribution in [0.2, 0.25) is 0 Å². The van der Waals surface area contributed by atoms with Crippen molar-refractivity contribution >= 4 is 16.8 Å². The van der Waals surface area contributed by atoms with Crippen LogP contribution in [0.5, 0.6) is 0 Å². The molecule has 4 rings (SSSR count). The first-order chi connectivity index (χ1) is 12.6. The van der Waals surface area contributed by atoms with E-state index in [4.69, 9.17) is 10.7 Å². The summed E-state index contributed by atoms with van der Waals surface area (Å²) in [6.07, 6.45) is 6.68. The number of quaternary nitrogens is 1. The lowest BCUT2D eigenvalue weighted by Gasteiger charge is -2.38. The van der Waals surface area contributed by atoms with Crippen molar-refractivity contribution < 1.29 is 9.69 Å². The Hall–Kier alpha value is -2.21. The van der Waals surface area contributed by atoms with Gasteiger partial charge in [-0.1, -0.05) is 25.0 Å². The highest BCUT2D eigenvalue weighted by atomic mass is 16.2. The lowest BCUT2D eigenvalue weighted by atomic mass is 9.75. The molecule has 1 aromatic heterocycles. The first-order valence-corrected chi connectivity index (χ1v) is 9.72. The number of aromatic nitrogens is 2. The van der Waals surface area contributed by atoms with Crippen molar-refractivity contribution in [3.05, 3.63) is 40.4 Å². The number of para-hydroxylation sites is 1. The second kappa shape index (κ2) is 7.19. The second-order valence-corrected chi connectivity index (χ2v) is 7.88. The molecule has 0 spiro atoms. The van der Waals surface area contributed by atoms with Crippen LogP contribution in [-0.4, -0.2) is 28.5 Å². The van der Waals surface area contributed by atoms with Gasteiger partial charge in [-0.2, -0.15) is 0 Å². The van der Waals surface area contributed by atoms with Crippen molar-refractivity contribution in [2.24, 2.45) is 17.6 Å². The van der Waals surface area contributed by atoms with E-state index in [2.05, 4.69) is 0 Å². The number of nitrogens with zero attached hydrogens (tertiary/aromatic N) is 2. The Morgan fingerprint density at radius 2 is 1.96 bits per heavy atom. The summed E-state index contributed by atoms with van der Waals surface area (Å²) in [7, 11) is 0. The Morgan fingerprint density at radius 1 is 1.19 bits per heavy atom. The predicted octanol–water partition coefficient (Wildman–Crippen LogP) is 0.477. The molecule has 6 nitrogen and oxygen atoms in total. The van der Waals surface area contributed by atoms with Crippen molar-refractivity contribution in [2.45, 2.75) is 45.2 Å². The number of piperidine rings is 1. The zero-order valence-corrected chi connectivity index (χ0v) is 15.1. The Balaban J connectivity index is 1.64. The van der Waals surface area contributed by atoms with Gasteiger partial charge in [0.2, 0.25) is 5.91 Å². The number of hydrogen-bond donors (Lipinski definition) is 2. The summed E-state index contributed by atoms with van der Waals surface area (Å²) in [6, 6.07) is 7.32. The molecule has 1 amide bonds. The second-order valence-electron chi connectivity index (χ2n) is 7.88. The molecule has 2 fully saturated rings. The number of benzene rings is 1. The van der Waals surface area contributed by atoms with E-state index in [9.17, 15) is 9.59 Å². The molecule has 1 aromatic carbocycles. The third-order valence-corrected chi connectivity index (χ3v) is 6.15. The summed E-state index contributed by atoms with van der Waals surface area (Å²) >= 11 is 0. The van der Waals surface area contributed by atoms with Gasteiger partial charge >= 0.3 is 0 Å². The molecule has 3 N–H and O–H groups in total. The number of rotatable bonds is 4. The summed E-state index contributed by atoms with van der Waals surface area (Å²) in [5, 5.41) is 0.540. The lowest BCUT2D eigenvalue weighted by Crippen LogP contribution is -3.12. The minimum atomic E-state index is -0.508. The minimum absolute atomic E-state index is 0.106. The maximum atomic E-state index is 12.9. The zero-order valence-electron chi connectivity index (χ0n) is 15.1. The standard InChI is InChI=1S/C20H26N4O2/c21-18(25)12-24-19(22-17-8-4-3-7-16(17)20(24)26)13-23-10-9-14-5-1-2-6-15(14)11-23/h3-4,7-8,14-15H,1-2,5-6,9-13H2,(H2,21,25)/p+1/t14-,15-/m1/s1. The number of nitrogens with two attached hydrogens (primary N) is 1. The Kier molecular flexibility index (Phi) is 4.76. The molecule has 2 heterocycles. The number of fused-ring (bicyclic) bond motifs is 2. The van der Waals surface area contributed by atoms with Gasteiger partial charge in [0.1, 0.15) is 13.1 Å². The molecule has 2 aromatic rings. The summed E-state index contributed by atoms with van der Waals surface area (Å²) in [4.78, 5) is 30.6. The first kappa shape index (κ1) is 17.2. The number of primary amides is 1. The minimum Gasteiger partial charge on any atom is -0.368 e. The average molecular weight is 355 g/mol. The van der Waals surface area contributed by atoms with Gasteiger partial charge in [-0.3, -0.25) is 14.2 Å². The van der Waals surface area contributed by atoms with E-state index in [1.165, 1.54) is 41.6 Å². The molecule has 0 radical (unpaired) electrons. The molecule has 1 unspecified atom stereocenters. The molecule has 2 aliphatic rings. The van der Waals surface area contributed by atoms with E-state index in [1.54, 1.807) is 6.07 Å². The molecule has 1 aliphatic carbocycles. The average Bonchev–Trinajstić information content (AvgIpc) is 2.64. The molecular weight excluding hydrogens is 328 g/mol. The van der Waals surface area contributed by atoms with E-state index in [-0.39, 0.29) is 12.1 Å². The fraction of sp³-hybridized carbons (Fsp3) is 0.550. The van der Waals surface area contributed by atoms with Crippen molar-refractivity contribution in [2.75, 3.05) is 13.1 Å². The summed E-state index contributed by atoms with van der Waals surface area (Å²) in [6.45, 7) is 2.83. The maximum absolute atomic E-state index is 12.9. The SMILES string of the molecule is NC(=O)Cn1c(C[NH+]2CC[C@H]3CCCC[C@@H]3C2)nc2ccccc2c1=O. The van der Waals surface area contributed by atoms with Crippen LogP contribution in [0.4, 0.5) is 0 Å². The monoisotopic (exact) mass is 355 g/mol. The molecule has 1 aliphatic heterocycles. The van der Waals surface area contributed by atoms with E-state index in [0.29, 0.717) is 23.3 Å². The van der Waals surface area contributed by atoms with Crippen molar-refractivity contribution in [3.8, 4) is 0 Å². The van der Waals surface area contributed by atoms with Crippen LogP contribution in [0.1, 0.15) is 37.9 Å². The highest BCUT2D eigenvalue weighted by Gasteiger charge is 2.34. The number of likely N-dealkylation sites (tertiary alicyclic amines) is 1. The number of nitrogens with one attached hydrogen (secondary N) is 1. The largest absolute Gasteiger partial charge is 0.368 e. The van der Waals surface area contributed by atoms with E-state index < -0.39 is 5.91 Å².